The van der Waals surface area contributed by atoms with Gasteiger partial charge in [-0.3, -0.25) is 4.98 Å². The number of halogens is 1. The quantitative estimate of drug-likeness (QED) is 0.325. The second-order valence-corrected chi connectivity index (χ2v) is 8.20. The van der Waals surface area contributed by atoms with Crippen molar-refractivity contribution in [1.29, 1.82) is 0 Å². The zero-order chi connectivity index (χ0) is 20.5. The molecule has 0 aliphatic heterocycles. The van der Waals surface area contributed by atoms with Gasteiger partial charge in [0.15, 0.2) is 0 Å². The van der Waals surface area contributed by atoms with Gasteiger partial charge >= 0.3 is 0 Å². The summed E-state index contributed by atoms with van der Waals surface area (Å²) in [7, 11) is 0. The smallest absolute Gasteiger partial charge is 0.141 e. The molecule has 2 nitrogen and oxygen atoms in total. The Kier molecular flexibility index (Phi) is 5.02. The summed E-state index contributed by atoms with van der Waals surface area (Å²) in [6.45, 7) is 0. The largest absolute Gasteiger partial charge is 0.506 e. The Labute approximate surface area is 181 Å². The predicted molar refractivity (Wildman–Crippen MR) is 126 cm³/mol. The molecular formula is C27H22ClNO. The molecule has 30 heavy (non-hydrogen) atoms. The minimum absolute atomic E-state index is 0.239. The first-order valence-corrected chi connectivity index (χ1v) is 10.7. The zero-order valence-electron chi connectivity index (χ0n) is 16.6. The van der Waals surface area contributed by atoms with E-state index in [-0.39, 0.29) is 5.75 Å². The number of pyridine rings is 1. The molecule has 0 fully saturated rings. The number of aryl methyl sites for hydroxylation is 1. The van der Waals surface area contributed by atoms with E-state index in [1.165, 1.54) is 53.2 Å². The van der Waals surface area contributed by atoms with Crippen LogP contribution >= 0.6 is 11.6 Å². The van der Waals surface area contributed by atoms with Crippen LogP contribution in [0, 0.1) is 0 Å². The number of allylic oxidation sites excluding steroid dienone is 4. The first kappa shape index (κ1) is 18.9. The lowest BCUT2D eigenvalue weighted by Gasteiger charge is -2.25. The number of hydrogen-bond donors (Lipinski definition) is 1. The second-order valence-electron chi connectivity index (χ2n) is 7.77. The van der Waals surface area contributed by atoms with Crippen molar-refractivity contribution in [3.63, 3.8) is 0 Å². The van der Waals surface area contributed by atoms with Gasteiger partial charge in [0.25, 0.3) is 0 Å². The fraction of sp³-hybridized carbons (Fsp3) is 0.148. The van der Waals surface area contributed by atoms with Gasteiger partial charge in [-0.15, -0.1) is 0 Å². The SMILES string of the molecule is Clc1ccc2c3c(ccc2c1)C1=C(CCC=C1)CC3.Oc1cccc2cccnc12. The van der Waals surface area contributed by atoms with Crippen LogP contribution in [0.2, 0.25) is 5.02 Å². The molecule has 0 atom stereocenters. The van der Waals surface area contributed by atoms with E-state index in [2.05, 4.69) is 41.4 Å². The molecule has 1 N–H and O–H groups in total. The van der Waals surface area contributed by atoms with Gasteiger partial charge in [-0.1, -0.05) is 65.7 Å². The highest BCUT2D eigenvalue weighted by atomic mass is 35.5. The van der Waals surface area contributed by atoms with Crippen molar-refractivity contribution in [2.75, 3.05) is 0 Å². The van der Waals surface area contributed by atoms with Crippen molar-refractivity contribution in [1.82, 2.24) is 4.98 Å². The maximum Gasteiger partial charge on any atom is 0.141 e. The second kappa shape index (κ2) is 7.97. The summed E-state index contributed by atoms with van der Waals surface area (Å²) in [5.74, 6) is 0.239. The van der Waals surface area contributed by atoms with Gasteiger partial charge in [0, 0.05) is 16.6 Å². The molecule has 0 saturated heterocycles. The van der Waals surface area contributed by atoms with Gasteiger partial charge < -0.3 is 5.11 Å². The molecule has 0 amide bonds. The van der Waals surface area contributed by atoms with Crippen molar-refractivity contribution in [2.24, 2.45) is 0 Å². The number of phenolic OH excluding ortho intramolecular Hbond substituents is 1. The summed E-state index contributed by atoms with van der Waals surface area (Å²) < 4.78 is 0. The molecule has 2 aliphatic carbocycles. The van der Waals surface area contributed by atoms with Gasteiger partial charge in [0.2, 0.25) is 0 Å². The molecule has 2 aliphatic rings. The lowest BCUT2D eigenvalue weighted by Crippen LogP contribution is -2.06. The maximum atomic E-state index is 9.31. The van der Waals surface area contributed by atoms with Crippen LogP contribution in [0.3, 0.4) is 0 Å². The van der Waals surface area contributed by atoms with Crippen LogP contribution in [-0.2, 0) is 6.42 Å². The molecule has 4 aromatic rings. The van der Waals surface area contributed by atoms with Gasteiger partial charge in [-0.05, 0) is 77.4 Å². The van der Waals surface area contributed by atoms with Crippen molar-refractivity contribution in [3.05, 3.63) is 101 Å². The third-order valence-electron chi connectivity index (χ3n) is 5.95. The maximum absolute atomic E-state index is 9.31. The van der Waals surface area contributed by atoms with Crippen LogP contribution in [0.1, 0.15) is 30.4 Å². The van der Waals surface area contributed by atoms with E-state index >= 15 is 0 Å². The van der Waals surface area contributed by atoms with Crippen molar-refractivity contribution >= 4 is 38.8 Å². The Hall–Kier alpha value is -3.10. The average molecular weight is 412 g/mol. The van der Waals surface area contributed by atoms with Crippen molar-refractivity contribution < 1.29 is 5.11 Å². The number of aromatic hydroxyl groups is 1. The topological polar surface area (TPSA) is 33.1 Å². The molecule has 0 saturated carbocycles. The molecule has 1 heterocycles. The van der Waals surface area contributed by atoms with Crippen LogP contribution in [-0.4, -0.2) is 10.1 Å². The highest BCUT2D eigenvalue weighted by Gasteiger charge is 2.20. The summed E-state index contributed by atoms with van der Waals surface area (Å²) in [6, 6.07) is 19.9. The van der Waals surface area contributed by atoms with E-state index in [0.717, 1.165) is 10.4 Å². The number of benzene rings is 3. The average Bonchev–Trinajstić information content (AvgIpc) is 2.79. The Balaban J connectivity index is 0.000000149. The van der Waals surface area contributed by atoms with E-state index in [4.69, 9.17) is 11.6 Å². The number of para-hydroxylation sites is 1. The fourth-order valence-corrected chi connectivity index (χ4v) is 4.68. The minimum atomic E-state index is 0.239. The summed E-state index contributed by atoms with van der Waals surface area (Å²) >= 11 is 6.09. The van der Waals surface area contributed by atoms with Gasteiger partial charge in [0.05, 0.1) is 0 Å². The Morgan fingerprint density at radius 3 is 2.67 bits per heavy atom. The lowest BCUT2D eigenvalue weighted by atomic mass is 9.80. The van der Waals surface area contributed by atoms with E-state index in [9.17, 15) is 5.11 Å². The Morgan fingerprint density at radius 1 is 0.867 bits per heavy atom. The molecule has 148 valence electrons. The van der Waals surface area contributed by atoms with Gasteiger partial charge in [-0.25, -0.2) is 0 Å². The molecule has 1 aromatic heterocycles. The highest BCUT2D eigenvalue weighted by molar-refractivity contribution is 6.31. The van der Waals surface area contributed by atoms with Gasteiger partial charge in [0.1, 0.15) is 11.3 Å². The van der Waals surface area contributed by atoms with E-state index in [1.807, 2.05) is 24.3 Å². The van der Waals surface area contributed by atoms with Crippen LogP contribution < -0.4 is 0 Å². The van der Waals surface area contributed by atoms with Crippen LogP contribution in [0.4, 0.5) is 0 Å². The number of rotatable bonds is 0. The number of fused-ring (bicyclic) bond motifs is 5. The molecule has 0 spiro atoms. The molecule has 3 aromatic carbocycles. The summed E-state index contributed by atoms with van der Waals surface area (Å²) in [4.78, 5) is 4.03. The van der Waals surface area contributed by atoms with Crippen LogP contribution in [0.15, 0.2) is 84.6 Å². The zero-order valence-corrected chi connectivity index (χ0v) is 17.4. The molecule has 0 unspecified atom stereocenters. The molecular weight excluding hydrogens is 390 g/mol. The summed E-state index contributed by atoms with van der Waals surface area (Å²) in [5, 5.41) is 13.7. The number of aromatic nitrogens is 1. The highest BCUT2D eigenvalue weighted by Crippen LogP contribution is 2.40. The first-order chi connectivity index (χ1) is 14.7. The fourth-order valence-electron chi connectivity index (χ4n) is 4.50. The van der Waals surface area contributed by atoms with Crippen LogP contribution in [0.5, 0.6) is 5.75 Å². The van der Waals surface area contributed by atoms with E-state index in [0.29, 0.717) is 5.52 Å². The molecule has 3 heteroatoms. The number of hydrogen-bond acceptors (Lipinski definition) is 2. The summed E-state index contributed by atoms with van der Waals surface area (Å²) in [6.07, 6.45) is 11.1. The lowest BCUT2D eigenvalue weighted by molar-refractivity contribution is 0.480. The third-order valence-corrected chi connectivity index (χ3v) is 6.19. The van der Waals surface area contributed by atoms with Crippen LogP contribution in [0.25, 0.3) is 27.2 Å². The minimum Gasteiger partial charge on any atom is -0.506 e. The van der Waals surface area contributed by atoms with Gasteiger partial charge in [-0.2, -0.15) is 0 Å². The molecule has 6 rings (SSSR count). The molecule has 0 radical (unpaired) electrons. The Morgan fingerprint density at radius 2 is 1.77 bits per heavy atom. The van der Waals surface area contributed by atoms with E-state index < -0.39 is 0 Å². The molecule has 0 bridgehead atoms. The number of nitrogens with zero attached hydrogens (tertiary/aromatic N) is 1. The Bertz CT molecular complexity index is 1310. The monoisotopic (exact) mass is 411 g/mol. The first-order valence-electron chi connectivity index (χ1n) is 10.3. The predicted octanol–water partition coefficient (Wildman–Crippen LogP) is 7.48. The van der Waals surface area contributed by atoms with Crippen molar-refractivity contribution in [3.8, 4) is 5.75 Å². The number of phenols is 1. The van der Waals surface area contributed by atoms with Crippen molar-refractivity contribution in [2.45, 2.75) is 25.7 Å². The normalized spacial score (nSPS) is 14.8. The third kappa shape index (κ3) is 3.48. The standard InChI is InChI=1S/C18H15Cl.C9H7NO/c19-14-7-10-16-13(11-14)6-9-17-15-4-2-1-3-12(15)5-8-18(16)17;11-8-5-1-3-7-4-2-6-10-9(7)8/h2,4,6-7,9-11H,1,3,5,8H2;1-6,11H. The van der Waals surface area contributed by atoms with E-state index in [1.54, 1.807) is 23.9 Å². The summed E-state index contributed by atoms with van der Waals surface area (Å²) in [5.41, 5.74) is 6.72.